The van der Waals surface area contributed by atoms with Crippen molar-refractivity contribution in [3.8, 4) is 0 Å². The van der Waals surface area contributed by atoms with Crippen LogP contribution >= 0.6 is 0 Å². The molecule has 0 saturated heterocycles. The molecule has 1 amide bonds. The molecule has 0 radical (unpaired) electrons. The van der Waals surface area contributed by atoms with Gasteiger partial charge in [-0.05, 0) is 78.8 Å². The maximum Gasteiger partial charge on any atom is 0.251 e. The Bertz CT molecular complexity index is 783. The summed E-state index contributed by atoms with van der Waals surface area (Å²) >= 11 is 0. The lowest BCUT2D eigenvalue weighted by Gasteiger charge is -2.22. The maximum absolute atomic E-state index is 12.5. The highest BCUT2D eigenvalue weighted by Crippen LogP contribution is 2.34. The highest BCUT2D eigenvalue weighted by atomic mass is 16.1. The van der Waals surface area contributed by atoms with E-state index in [1.807, 2.05) is 12.1 Å². The van der Waals surface area contributed by atoms with Gasteiger partial charge in [-0.2, -0.15) is 0 Å². The van der Waals surface area contributed by atoms with E-state index in [9.17, 15) is 4.79 Å². The summed E-state index contributed by atoms with van der Waals surface area (Å²) < 4.78 is 0. The fourth-order valence-electron chi connectivity index (χ4n) is 4.38. The van der Waals surface area contributed by atoms with E-state index in [4.69, 9.17) is 5.73 Å². The maximum atomic E-state index is 12.5. The Kier molecular flexibility index (Phi) is 4.58. The lowest BCUT2D eigenvalue weighted by molar-refractivity contribution is 0.0952. The molecule has 2 aliphatic rings. The predicted molar refractivity (Wildman–Crippen MR) is 101 cm³/mol. The highest BCUT2D eigenvalue weighted by molar-refractivity contribution is 5.94. The third-order valence-electron chi connectivity index (χ3n) is 5.80. The van der Waals surface area contributed by atoms with Gasteiger partial charge in [-0.25, -0.2) is 0 Å². The fraction of sp³-hybridized carbons (Fsp3) is 0.409. The zero-order chi connectivity index (χ0) is 17.2. The Labute approximate surface area is 149 Å². The largest absolute Gasteiger partial charge is 0.352 e. The Morgan fingerprint density at radius 1 is 1.04 bits per heavy atom. The minimum Gasteiger partial charge on any atom is -0.352 e. The number of benzene rings is 2. The average Bonchev–Trinajstić information content (AvgIpc) is 3.05. The first-order chi connectivity index (χ1) is 12.2. The summed E-state index contributed by atoms with van der Waals surface area (Å²) in [4.78, 5) is 12.5. The van der Waals surface area contributed by atoms with E-state index in [0.717, 1.165) is 49.8 Å². The van der Waals surface area contributed by atoms with Gasteiger partial charge in [-0.3, -0.25) is 4.79 Å². The van der Waals surface area contributed by atoms with Crippen LogP contribution in [0, 0.1) is 0 Å². The van der Waals surface area contributed by atoms with Gasteiger partial charge < -0.3 is 11.1 Å². The molecule has 0 aromatic heterocycles. The average molecular weight is 334 g/mol. The number of aryl methyl sites for hydroxylation is 2. The Morgan fingerprint density at radius 3 is 2.80 bits per heavy atom. The van der Waals surface area contributed by atoms with Crippen LogP contribution in [0.2, 0.25) is 0 Å². The first-order valence-electron chi connectivity index (χ1n) is 9.47. The van der Waals surface area contributed by atoms with Crippen molar-refractivity contribution in [3.63, 3.8) is 0 Å². The van der Waals surface area contributed by atoms with Gasteiger partial charge in [0, 0.05) is 18.2 Å². The van der Waals surface area contributed by atoms with Crippen LogP contribution in [-0.2, 0) is 12.8 Å². The zero-order valence-corrected chi connectivity index (χ0v) is 14.6. The summed E-state index contributed by atoms with van der Waals surface area (Å²) in [5.74, 6) is 0.598. The van der Waals surface area contributed by atoms with Crippen LogP contribution < -0.4 is 11.1 Å². The standard InChI is InChI=1S/C22H26N2O/c23-21-7-3-5-16-10-11-18(14-20(16)21)22(25)24-13-12-17-9-8-15-4-1-2-6-19(15)17/h1-2,4,6,10-11,14,17,21H,3,5,7-9,12-13,23H2,(H,24,25). The number of hydrogen-bond donors (Lipinski definition) is 2. The molecular weight excluding hydrogens is 308 g/mol. The van der Waals surface area contributed by atoms with E-state index < -0.39 is 0 Å². The van der Waals surface area contributed by atoms with Crippen LogP contribution in [0.3, 0.4) is 0 Å². The van der Waals surface area contributed by atoms with Crippen LogP contribution in [-0.4, -0.2) is 12.5 Å². The van der Waals surface area contributed by atoms with Crippen LogP contribution in [0.25, 0.3) is 0 Å². The molecule has 3 nitrogen and oxygen atoms in total. The van der Waals surface area contributed by atoms with Crippen molar-refractivity contribution in [2.75, 3.05) is 6.54 Å². The van der Waals surface area contributed by atoms with Crippen LogP contribution in [0.5, 0.6) is 0 Å². The van der Waals surface area contributed by atoms with E-state index in [1.54, 1.807) is 0 Å². The van der Waals surface area contributed by atoms with Gasteiger partial charge in [0.2, 0.25) is 0 Å². The summed E-state index contributed by atoms with van der Waals surface area (Å²) in [5, 5.41) is 3.10. The van der Waals surface area contributed by atoms with Gasteiger partial charge in [0.25, 0.3) is 5.91 Å². The van der Waals surface area contributed by atoms with Crippen molar-refractivity contribution < 1.29 is 4.79 Å². The fourth-order valence-corrected chi connectivity index (χ4v) is 4.38. The number of nitrogens with one attached hydrogen (secondary N) is 1. The predicted octanol–water partition coefficient (Wildman–Crippen LogP) is 3.87. The van der Waals surface area contributed by atoms with Crippen LogP contribution in [0.15, 0.2) is 42.5 Å². The van der Waals surface area contributed by atoms with Gasteiger partial charge in [-0.1, -0.05) is 30.3 Å². The Morgan fingerprint density at radius 2 is 1.88 bits per heavy atom. The molecule has 0 heterocycles. The van der Waals surface area contributed by atoms with E-state index in [1.165, 1.54) is 23.1 Å². The summed E-state index contributed by atoms with van der Waals surface area (Å²) in [6.45, 7) is 0.723. The SMILES string of the molecule is NC1CCCc2ccc(C(=O)NCCC3CCc4ccccc43)cc21. The van der Waals surface area contributed by atoms with Crippen molar-refractivity contribution >= 4 is 5.91 Å². The van der Waals surface area contributed by atoms with E-state index in [-0.39, 0.29) is 11.9 Å². The van der Waals surface area contributed by atoms with Crippen molar-refractivity contribution in [2.45, 2.75) is 50.5 Å². The normalized spacial score (nSPS) is 21.5. The second-order valence-electron chi connectivity index (χ2n) is 7.39. The quantitative estimate of drug-likeness (QED) is 0.892. The molecule has 0 aliphatic heterocycles. The van der Waals surface area contributed by atoms with Gasteiger partial charge in [0.05, 0.1) is 0 Å². The molecule has 2 unspecified atom stereocenters. The molecular formula is C22H26N2O. The molecule has 25 heavy (non-hydrogen) atoms. The van der Waals surface area contributed by atoms with Crippen LogP contribution in [0.4, 0.5) is 0 Å². The third kappa shape index (κ3) is 3.34. The number of rotatable bonds is 4. The number of fused-ring (bicyclic) bond motifs is 2. The van der Waals surface area contributed by atoms with Crippen molar-refractivity contribution in [3.05, 3.63) is 70.3 Å². The Hall–Kier alpha value is -2.13. The first-order valence-corrected chi connectivity index (χ1v) is 9.47. The van der Waals surface area contributed by atoms with E-state index >= 15 is 0 Å². The number of amides is 1. The number of nitrogens with two attached hydrogens (primary N) is 1. The lowest BCUT2D eigenvalue weighted by Crippen LogP contribution is -2.26. The highest BCUT2D eigenvalue weighted by Gasteiger charge is 2.22. The first kappa shape index (κ1) is 16.3. The Balaban J connectivity index is 1.36. The number of carbonyl (C=O) groups excluding carboxylic acids is 1. The number of hydrogen-bond acceptors (Lipinski definition) is 2. The minimum absolute atomic E-state index is 0.0202. The van der Waals surface area contributed by atoms with Gasteiger partial charge in [0.15, 0.2) is 0 Å². The smallest absolute Gasteiger partial charge is 0.251 e. The van der Waals surface area contributed by atoms with Crippen LogP contribution in [0.1, 0.15) is 70.3 Å². The third-order valence-corrected chi connectivity index (χ3v) is 5.80. The molecule has 0 saturated carbocycles. The molecule has 0 spiro atoms. The summed E-state index contributed by atoms with van der Waals surface area (Å²) in [6, 6.07) is 14.8. The molecule has 0 bridgehead atoms. The van der Waals surface area contributed by atoms with Crippen molar-refractivity contribution in [1.29, 1.82) is 0 Å². The van der Waals surface area contributed by atoms with Gasteiger partial charge in [0.1, 0.15) is 0 Å². The molecule has 130 valence electrons. The minimum atomic E-state index is 0.0202. The van der Waals surface area contributed by atoms with Crippen molar-refractivity contribution in [2.24, 2.45) is 5.73 Å². The monoisotopic (exact) mass is 334 g/mol. The van der Waals surface area contributed by atoms with E-state index in [2.05, 4.69) is 35.6 Å². The summed E-state index contributed by atoms with van der Waals surface area (Å²) in [6.07, 6.45) is 6.60. The summed E-state index contributed by atoms with van der Waals surface area (Å²) in [7, 11) is 0. The molecule has 3 N–H and O–H groups in total. The lowest BCUT2D eigenvalue weighted by atomic mass is 9.87. The van der Waals surface area contributed by atoms with Gasteiger partial charge >= 0.3 is 0 Å². The topological polar surface area (TPSA) is 55.1 Å². The molecule has 2 aromatic carbocycles. The molecule has 2 atom stereocenters. The van der Waals surface area contributed by atoms with E-state index in [0.29, 0.717) is 5.92 Å². The number of carbonyl (C=O) groups is 1. The molecule has 4 rings (SSSR count). The molecule has 2 aliphatic carbocycles. The summed E-state index contributed by atoms with van der Waals surface area (Å²) in [5.41, 5.74) is 12.4. The molecule has 2 aromatic rings. The molecule has 0 fully saturated rings. The molecule has 3 heteroatoms. The zero-order valence-electron chi connectivity index (χ0n) is 14.6. The van der Waals surface area contributed by atoms with Gasteiger partial charge in [-0.15, -0.1) is 0 Å². The van der Waals surface area contributed by atoms with Crippen molar-refractivity contribution in [1.82, 2.24) is 5.32 Å². The second kappa shape index (κ2) is 7.01. The second-order valence-corrected chi connectivity index (χ2v) is 7.39.